The molecule has 1 amide bonds. The Kier molecular flexibility index (Phi) is 5.76. The van der Waals surface area contributed by atoms with E-state index < -0.39 is 18.0 Å². The molecule has 2 aromatic rings. The third-order valence-corrected chi connectivity index (χ3v) is 3.56. The number of amides is 1. The van der Waals surface area contributed by atoms with Crippen molar-refractivity contribution in [2.24, 2.45) is 0 Å². The molecule has 0 aliphatic heterocycles. The van der Waals surface area contributed by atoms with Gasteiger partial charge in [0.2, 0.25) is 0 Å². The van der Waals surface area contributed by atoms with Gasteiger partial charge < -0.3 is 14.6 Å². The molecule has 0 unspecified atom stereocenters. The highest BCUT2D eigenvalue weighted by molar-refractivity contribution is 6.31. The minimum absolute atomic E-state index is 0.269. The molecule has 126 valence electrons. The van der Waals surface area contributed by atoms with Crippen LogP contribution in [0, 0.1) is 13.8 Å². The standard InChI is InChI=1S/C17H17ClN2O4/c1-10-4-5-13(9-14(10)18)6-7-16(21)23-12(3)17(22)19-15-8-11(2)24-20-15/h4-9,12H,1-3H3,(H,19,20,22)/b7-6+/t12-/m1/s1. The molecule has 1 N–H and O–H groups in total. The predicted octanol–water partition coefficient (Wildman–Crippen LogP) is 3.53. The first-order valence-corrected chi connectivity index (χ1v) is 7.62. The first-order valence-electron chi connectivity index (χ1n) is 7.24. The molecule has 0 saturated carbocycles. The maximum atomic E-state index is 11.9. The molecule has 6 nitrogen and oxygen atoms in total. The van der Waals surface area contributed by atoms with Gasteiger partial charge in [-0.05, 0) is 44.0 Å². The lowest BCUT2D eigenvalue weighted by Gasteiger charge is -2.10. The number of rotatable bonds is 5. The minimum atomic E-state index is -0.972. The Morgan fingerprint density at radius 3 is 2.71 bits per heavy atom. The van der Waals surface area contributed by atoms with Crippen LogP contribution in [-0.2, 0) is 14.3 Å². The third kappa shape index (κ3) is 4.96. The summed E-state index contributed by atoms with van der Waals surface area (Å²) in [6.45, 7) is 5.06. The molecule has 2 rings (SSSR count). The van der Waals surface area contributed by atoms with E-state index in [-0.39, 0.29) is 5.82 Å². The molecule has 0 aliphatic rings. The molecule has 1 aromatic carbocycles. The number of carbonyl (C=O) groups excluding carboxylic acids is 2. The fourth-order valence-corrected chi connectivity index (χ4v) is 1.99. The highest BCUT2D eigenvalue weighted by atomic mass is 35.5. The highest BCUT2D eigenvalue weighted by Crippen LogP contribution is 2.17. The Morgan fingerprint density at radius 1 is 1.33 bits per heavy atom. The van der Waals surface area contributed by atoms with Crippen LogP contribution in [0.1, 0.15) is 23.8 Å². The lowest BCUT2D eigenvalue weighted by Crippen LogP contribution is -2.29. The Balaban J connectivity index is 1.89. The van der Waals surface area contributed by atoms with Crippen LogP contribution < -0.4 is 5.32 Å². The van der Waals surface area contributed by atoms with Crippen LogP contribution in [-0.4, -0.2) is 23.1 Å². The largest absolute Gasteiger partial charge is 0.449 e. The zero-order chi connectivity index (χ0) is 17.7. The number of benzene rings is 1. The third-order valence-electron chi connectivity index (χ3n) is 3.15. The molecule has 0 bridgehead atoms. The van der Waals surface area contributed by atoms with Gasteiger partial charge >= 0.3 is 5.97 Å². The van der Waals surface area contributed by atoms with E-state index in [0.717, 1.165) is 11.1 Å². The summed E-state index contributed by atoms with van der Waals surface area (Å²) in [7, 11) is 0. The van der Waals surface area contributed by atoms with E-state index in [9.17, 15) is 9.59 Å². The number of aromatic nitrogens is 1. The molecule has 0 saturated heterocycles. The molecule has 1 aromatic heterocycles. The van der Waals surface area contributed by atoms with Crippen LogP contribution in [0.3, 0.4) is 0 Å². The fourth-order valence-electron chi connectivity index (χ4n) is 1.80. The normalized spacial score (nSPS) is 12.2. The van der Waals surface area contributed by atoms with Gasteiger partial charge in [0.05, 0.1) is 0 Å². The van der Waals surface area contributed by atoms with E-state index in [0.29, 0.717) is 10.8 Å². The van der Waals surface area contributed by atoms with Crippen LogP contribution >= 0.6 is 11.6 Å². The molecular weight excluding hydrogens is 332 g/mol. The molecule has 1 atom stereocenters. The minimum Gasteiger partial charge on any atom is -0.449 e. The van der Waals surface area contributed by atoms with Crippen molar-refractivity contribution < 1.29 is 18.8 Å². The van der Waals surface area contributed by atoms with Gasteiger partial charge in [-0.15, -0.1) is 0 Å². The van der Waals surface area contributed by atoms with Crippen molar-refractivity contribution in [1.82, 2.24) is 5.16 Å². The van der Waals surface area contributed by atoms with Crippen molar-refractivity contribution in [3.05, 3.63) is 52.3 Å². The number of nitrogens with zero attached hydrogens (tertiary/aromatic N) is 1. The van der Waals surface area contributed by atoms with Gasteiger partial charge in [-0.1, -0.05) is 28.9 Å². The summed E-state index contributed by atoms with van der Waals surface area (Å²) in [6.07, 6.45) is 1.84. The zero-order valence-corrected chi connectivity index (χ0v) is 14.3. The fraction of sp³-hybridized carbons (Fsp3) is 0.235. The van der Waals surface area contributed by atoms with Crippen molar-refractivity contribution in [3.63, 3.8) is 0 Å². The van der Waals surface area contributed by atoms with Gasteiger partial charge in [0, 0.05) is 17.2 Å². The average molecular weight is 349 g/mol. The van der Waals surface area contributed by atoms with Gasteiger partial charge in [-0.2, -0.15) is 0 Å². The van der Waals surface area contributed by atoms with E-state index in [1.165, 1.54) is 13.0 Å². The summed E-state index contributed by atoms with van der Waals surface area (Å²) in [5.74, 6) is -0.297. The Morgan fingerprint density at radius 2 is 2.08 bits per heavy atom. The smallest absolute Gasteiger partial charge is 0.331 e. The predicted molar refractivity (Wildman–Crippen MR) is 90.6 cm³/mol. The topological polar surface area (TPSA) is 81.4 Å². The zero-order valence-electron chi connectivity index (χ0n) is 13.5. The number of aryl methyl sites for hydroxylation is 2. The number of hydrogen-bond acceptors (Lipinski definition) is 5. The maximum absolute atomic E-state index is 11.9. The van der Waals surface area contributed by atoms with E-state index in [1.807, 2.05) is 19.1 Å². The van der Waals surface area contributed by atoms with Gasteiger partial charge in [0.25, 0.3) is 5.91 Å². The summed E-state index contributed by atoms with van der Waals surface area (Å²) >= 11 is 6.02. The van der Waals surface area contributed by atoms with Crippen LogP contribution in [0.2, 0.25) is 5.02 Å². The van der Waals surface area contributed by atoms with Crippen molar-refractivity contribution in [2.45, 2.75) is 26.9 Å². The molecule has 0 spiro atoms. The van der Waals surface area contributed by atoms with Gasteiger partial charge in [-0.3, -0.25) is 4.79 Å². The number of esters is 1. The van der Waals surface area contributed by atoms with E-state index in [1.54, 1.807) is 25.1 Å². The summed E-state index contributed by atoms with van der Waals surface area (Å²) < 4.78 is 9.88. The maximum Gasteiger partial charge on any atom is 0.331 e. The van der Waals surface area contributed by atoms with Crippen LogP contribution in [0.4, 0.5) is 5.82 Å². The lowest BCUT2D eigenvalue weighted by atomic mass is 10.1. The highest BCUT2D eigenvalue weighted by Gasteiger charge is 2.17. The molecule has 0 radical (unpaired) electrons. The number of anilines is 1. The van der Waals surface area contributed by atoms with E-state index >= 15 is 0 Å². The molecular formula is C17H17ClN2O4. The van der Waals surface area contributed by atoms with E-state index in [4.69, 9.17) is 20.9 Å². The van der Waals surface area contributed by atoms with Crippen molar-refractivity contribution >= 4 is 35.4 Å². The molecule has 0 aliphatic carbocycles. The van der Waals surface area contributed by atoms with Gasteiger partial charge in [0.15, 0.2) is 11.9 Å². The van der Waals surface area contributed by atoms with Crippen LogP contribution in [0.5, 0.6) is 0 Å². The molecule has 24 heavy (non-hydrogen) atoms. The molecule has 0 fully saturated rings. The second kappa shape index (κ2) is 7.79. The Bertz CT molecular complexity index is 783. The van der Waals surface area contributed by atoms with Gasteiger partial charge in [-0.25, -0.2) is 4.79 Å². The number of halogens is 1. The molecule has 7 heteroatoms. The number of nitrogens with one attached hydrogen (secondary N) is 1. The lowest BCUT2D eigenvalue weighted by molar-refractivity contribution is -0.148. The number of ether oxygens (including phenoxy) is 1. The number of hydrogen-bond donors (Lipinski definition) is 1. The van der Waals surface area contributed by atoms with Crippen LogP contribution in [0.25, 0.3) is 6.08 Å². The Hall–Kier alpha value is -2.60. The number of carbonyl (C=O) groups is 2. The monoisotopic (exact) mass is 348 g/mol. The average Bonchev–Trinajstić information content (AvgIpc) is 2.93. The van der Waals surface area contributed by atoms with Crippen LogP contribution in [0.15, 0.2) is 34.9 Å². The van der Waals surface area contributed by atoms with Crippen molar-refractivity contribution in [1.29, 1.82) is 0 Å². The summed E-state index contributed by atoms with van der Waals surface area (Å²) in [5, 5.41) is 6.74. The second-order valence-corrected chi connectivity index (χ2v) is 5.64. The Labute approximate surface area is 144 Å². The quantitative estimate of drug-likeness (QED) is 0.660. The SMILES string of the molecule is Cc1cc(NC(=O)[C@@H](C)OC(=O)/C=C/c2ccc(C)c(Cl)c2)no1. The van der Waals surface area contributed by atoms with E-state index in [2.05, 4.69) is 10.5 Å². The second-order valence-electron chi connectivity index (χ2n) is 5.23. The van der Waals surface area contributed by atoms with Crippen molar-refractivity contribution in [2.75, 3.05) is 5.32 Å². The van der Waals surface area contributed by atoms with Gasteiger partial charge in [0.1, 0.15) is 5.76 Å². The molecule has 1 heterocycles. The van der Waals surface area contributed by atoms with Crippen molar-refractivity contribution in [3.8, 4) is 0 Å². The summed E-state index contributed by atoms with van der Waals surface area (Å²) in [6, 6.07) is 6.98. The summed E-state index contributed by atoms with van der Waals surface area (Å²) in [4.78, 5) is 23.7. The first-order chi connectivity index (χ1) is 11.3. The summed E-state index contributed by atoms with van der Waals surface area (Å²) in [5.41, 5.74) is 1.71. The first kappa shape index (κ1) is 17.7.